The van der Waals surface area contributed by atoms with Crippen molar-refractivity contribution < 1.29 is 0 Å². The third kappa shape index (κ3) is 5.37. The van der Waals surface area contributed by atoms with Gasteiger partial charge in [-0.2, -0.15) is 0 Å². The van der Waals surface area contributed by atoms with Crippen molar-refractivity contribution in [1.82, 2.24) is 10.3 Å². The second kappa shape index (κ2) is 6.22. The highest BCUT2D eigenvalue weighted by molar-refractivity contribution is 6.33. The maximum atomic E-state index is 6.20. The van der Waals surface area contributed by atoms with Crippen molar-refractivity contribution in [2.24, 2.45) is 0 Å². The molecule has 1 aromatic heterocycles. The third-order valence-corrected chi connectivity index (χ3v) is 2.44. The van der Waals surface area contributed by atoms with Gasteiger partial charge in [-0.25, -0.2) is 4.98 Å². The summed E-state index contributed by atoms with van der Waals surface area (Å²) in [6.45, 7) is 10.2. The summed E-state index contributed by atoms with van der Waals surface area (Å²) in [4.78, 5) is 4.36. The van der Waals surface area contributed by atoms with E-state index in [4.69, 9.17) is 11.6 Å². The molecule has 0 bridgehead atoms. The van der Waals surface area contributed by atoms with E-state index in [-0.39, 0.29) is 5.54 Å². The van der Waals surface area contributed by atoms with Gasteiger partial charge in [-0.1, -0.05) is 18.5 Å². The van der Waals surface area contributed by atoms with E-state index in [1.807, 2.05) is 12.3 Å². The van der Waals surface area contributed by atoms with Gasteiger partial charge >= 0.3 is 0 Å². The summed E-state index contributed by atoms with van der Waals surface area (Å²) in [5.74, 6) is 0.749. The zero-order chi connectivity index (χ0) is 12.9. The predicted octanol–water partition coefficient (Wildman–Crippen LogP) is 3.45. The van der Waals surface area contributed by atoms with Crippen LogP contribution in [-0.2, 0) is 6.54 Å². The van der Waals surface area contributed by atoms with E-state index in [1.165, 1.54) is 0 Å². The van der Waals surface area contributed by atoms with Crippen LogP contribution in [0.2, 0.25) is 5.02 Å². The number of aromatic nitrogens is 1. The Labute approximate surface area is 109 Å². The minimum absolute atomic E-state index is 0.0291. The standard InChI is InChI=1S/C13H22ClN3/c1-5-6-15-8-10-7-11(14)12(16-9-10)17-13(2,3)4/h7,9,15H,5-6,8H2,1-4H3,(H,16,17). The molecule has 0 unspecified atom stereocenters. The minimum Gasteiger partial charge on any atom is -0.364 e. The Balaban J connectivity index is 2.66. The molecular formula is C13H22ClN3. The van der Waals surface area contributed by atoms with Crippen LogP contribution in [0.3, 0.4) is 0 Å². The largest absolute Gasteiger partial charge is 0.364 e. The van der Waals surface area contributed by atoms with E-state index in [0.29, 0.717) is 5.02 Å². The molecule has 3 nitrogen and oxygen atoms in total. The first kappa shape index (κ1) is 14.3. The fourth-order valence-electron chi connectivity index (χ4n) is 1.43. The molecule has 1 heterocycles. The normalized spacial score (nSPS) is 11.6. The molecule has 4 heteroatoms. The average Bonchev–Trinajstić information content (AvgIpc) is 2.21. The first-order valence-corrected chi connectivity index (χ1v) is 6.43. The molecule has 1 aromatic rings. The Morgan fingerprint density at radius 2 is 2.06 bits per heavy atom. The van der Waals surface area contributed by atoms with Gasteiger partial charge in [-0.3, -0.25) is 0 Å². The maximum Gasteiger partial charge on any atom is 0.145 e. The lowest BCUT2D eigenvalue weighted by molar-refractivity contribution is 0.629. The van der Waals surface area contributed by atoms with E-state index in [0.717, 1.165) is 30.9 Å². The van der Waals surface area contributed by atoms with Crippen LogP contribution in [0.4, 0.5) is 5.82 Å². The summed E-state index contributed by atoms with van der Waals surface area (Å²) >= 11 is 6.20. The van der Waals surface area contributed by atoms with Gasteiger partial charge in [0.1, 0.15) is 5.82 Å². The zero-order valence-corrected chi connectivity index (χ0v) is 11.9. The lowest BCUT2D eigenvalue weighted by atomic mass is 10.1. The van der Waals surface area contributed by atoms with Gasteiger partial charge in [0.05, 0.1) is 5.02 Å². The summed E-state index contributed by atoms with van der Waals surface area (Å²) in [6.07, 6.45) is 2.99. The van der Waals surface area contributed by atoms with Crippen molar-refractivity contribution >= 4 is 17.4 Å². The number of nitrogens with zero attached hydrogens (tertiary/aromatic N) is 1. The van der Waals surface area contributed by atoms with Crippen LogP contribution in [0.5, 0.6) is 0 Å². The highest BCUT2D eigenvalue weighted by Gasteiger charge is 2.12. The Bertz CT molecular complexity index is 358. The lowest BCUT2D eigenvalue weighted by Gasteiger charge is -2.22. The molecule has 0 aliphatic rings. The van der Waals surface area contributed by atoms with Crippen molar-refractivity contribution in [3.63, 3.8) is 0 Å². The van der Waals surface area contributed by atoms with E-state index in [1.54, 1.807) is 0 Å². The molecule has 2 N–H and O–H groups in total. The van der Waals surface area contributed by atoms with Gasteiger partial charge in [0.15, 0.2) is 0 Å². The average molecular weight is 256 g/mol. The SMILES string of the molecule is CCCNCc1cnc(NC(C)(C)C)c(Cl)c1. The van der Waals surface area contributed by atoms with Crippen molar-refractivity contribution in [2.75, 3.05) is 11.9 Å². The molecule has 17 heavy (non-hydrogen) atoms. The predicted molar refractivity (Wildman–Crippen MR) is 74.6 cm³/mol. The first-order valence-electron chi connectivity index (χ1n) is 6.05. The second-order valence-corrected chi connectivity index (χ2v) is 5.63. The number of hydrogen-bond donors (Lipinski definition) is 2. The minimum atomic E-state index is -0.0291. The van der Waals surface area contributed by atoms with Crippen molar-refractivity contribution in [3.05, 3.63) is 22.8 Å². The van der Waals surface area contributed by atoms with Gasteiger partial charge in [0, 0.05) is 18.3 Å². The monoisotopic (exact) mass is 255 g/mol. The molecule has 0 spiro atoms. The van der Waals surface area contributed by atoms with Gasteiger partial charge in [0.25, 0.3) is 0 Å². The van der Waals surface area contributed by atoms with Crippen LogP contribution in [0, 0.1) is 0 Å². The zero-order valence-electron chi connectivity index (χ0n) is 11.1. The number of anilines is 1. The summed E-state index contributed by atoms with van der Waals surface area (Å²) in [5.41, 5.74) is 1.08. The highest BCUT2D eigenvalue weighted by Crippen LogP contribution is 2.23. The van der Waals surface area contributed by atoms with Crippen LogP contribution in [-0.4, -0.2) is 17.1 Å². The van der Waals surface area contributed by atoms with Gasteiger partial charge in [0.2, 0.25) is 0 Å². The molecule has 0 aliphatic carbocycles. The maximum absolute atomic E-state index is 6.20. The molecule has 96 valence electrons. The molecule has 0 radical (unpaired) electrons. The molecular weight excluding hydrogens is 234 g/mol. The quantitative estimate of drug-likeness (QED) is 0.792. The lowest BCUT2D eigenvalue weighted by Crippen LogP contribution is -2.27. The van der Waals surface area contributed by atoms with E-state index >= 15 is 0 Å². The topological polar surface area (TPSA) is 37.0 Å². The molecule has 0 saturated heterocycles. The number of halogens is 1. The Hall–Kier alpha value is -0.800. The Morgan fingerprint density at radius 1 is 1.35 bits per heavy atom. The van der Waals surface area contributed by atoms with Gasteiger partial charge in [-0.15, -0.1) is 0 Å². The highest BCUT2D eigenvalue weighted by atomic mass is 35.5. The summed E-state index contributed by atoms with van der Waals surface area (Å²) in [7, 11) is 0. The van der Waals surface area contributed by atoms with Crippen molar-refractivity contribution in [3.8, 4) is 0 Å². The molecule has 0 atom stereocenters. The summed E-state index contributed by atoms with van der Waals surface area (Å²) in [5, 5.41) is 7.28. The second-order valence-electron chi connectivity index (χ2n) is 5.23. The van der Waals surface area contributed by atoms with E-state index < -0.39 is 0 Å². The molecule has 0 saturated carbocycles. The Morgan fingerprint density at radius 3 is 2.59 bits per heavy atom. The molecule has 1 rings (SSSR count). The molecule has 0 aliphatic heterocycles. The number of pyridine rings is 1. The van der Waals surface area contributed by atoms with Gasteiger partial charge < -0.3 is 10.6 Å². The summed E-state index contributed by atoms with van der Waals surface area (Å²) < 4.78 is 0. The van der Waals surface area contributed by atoms with Gasteiger partial charge in [-0.05, 0) is 45.4 Å². The number of nitrogens with one attached hydrogen (secondary N) is 2. The smallest absolute Gasteiger partial charge is 0.145 e. The van der Waals surface area contributed by atoms with Crippen LogP contribution in [0.15, 0.2) is 12.3 Å². The molecule has 0 aromatic carbocycles. The first-order chi connectivity index (χ1) is 7.92. The van der Waals surface area contributed by atoms with Crippen LogP contribution in [0.25, 0.3) is 0 Å². The fourth-order valence-corrected chi connectivity index (χ4v) is 1.67. The van der Waals surface area contributed by atoms with Crippen LogP contribution in [0.1, 0.15) is 39.7 Å². The molecule has 0 amide bonds. The summed E-state index contributed by atoms with van der Waals surface area (Å²) in [6, 6.07) is 1.96. The number of rotatable bonds is 5. The van der Waals surface area contributed by atoms with E-state index in [9.17, 15) is 0 Å². The van der Waals surface area contributed by atoms with E-state index in [2.05, 4.69) is 43.3 Å². The number of hydrogen-bond acceptors (Lipinski definition) is 3. The third-order valence-electron chi connectivity index (χ3n) is 2.15. The fraction of sp³-hybridized carbons (Fsp3) is 0.615. The van der Waals surface area contributed by atoms with Crippen molar-refractivity contribution in [1.29, 1.82) is 0 Å². The van der Waals surface area contributed by atoms with Crippen LogP contribution >= 0.6 is 11.6 Å². The van der Waals surface area contributed by atoms with Crippen LogP contribution < -0.4 is 10.6 Å². The molecule has 0 fully saturated rings. The Kier molecular flexibility index (Phi) is 5.22. The van der Waals surface area contributed by atoms with Crippen molar-refractivity contribution in [2.45, 2.75) is 46.2 Å².